The number of rotatable bonds is 4. The van der Waals surface area contributed by atoms with Crippen molar-refractivity contribution < 1.29 is 5.11 Å². The minimum absolute atomic E-state index is 0.247. The van der Waals surface area contributed by atoms with Crippen molar-refractivity contribution in [2.24, 2.45) is 5.92 Å². The molecule has 0 spiro atoms. The minimum atomic E-state index is -0.247. The first-order valence-electron chi connectivity index (χ1n) is 8.11. The van der Waals surface area contributed by atoms with Crippen LogP contribution >= 0.6 is 0 Å². The van der Waals surface area contributed by atoms with Gasteiger partial charge in [0.2, 0.25) is 0 Å². The molecule has 0 heterocycles. The summed E-state index contributed by atoms with van der Waals surface area (Å²) in [5, 5.41) is 10.5. The first-order chi connectivity index (χ1) is 9.33. The van der Waals surface area contributed by atoms with Crippen molar-refractivity contribution in [1.29, 1.82) is 0 Å². The second-order valence-corrected chi connectivity index (χ2v) is 6.55. The molecule has 0 amide bonds. The van der Waals surface area contributed by atoms with E-state index in [0.29, 0.717) is 0 Å². The smallest absolute Gasteiger partial charge is 0.0792 e. The third kappa shape index (κ3) is 3.20. The van der Waals surface area contributed by atoms with E-state index in [1.807, 2.05) is 0 Å². The summed E-state index contributed by atoms with van der Waals surface area (Å²) in [4.78, 5) is 0. The molecule has 0 saturated heterocycles. The van der Waals surface area contributed by atoms with Gasteiger partial charge in [0.15, 0.2) is 0 Å². The monoisotopic (exact) mass is 258 g/mol. The van der Waals surface area contributed by atoms with Crippen LogP contribution in [0.1, 0.15) is 80.9 Å². The summed E-state index contributed by atoms with van der Waals surface area (Å²) < 4.78 is 0. The summed E-state index contributed by atoms with van der Waals surface area (Å²) in [6, 6.07) is 8.74. The van der Waals surface area contributed by atoms with Crippen LogP contribution in [0.2, 0.25) is 0 Å². The zero-order valence-corrected chi connectivity index (χ0v) is 11.9. The average Bonchev–Trinajstić information content (AvgIpc) is 2.38. The van der Waals surface area contributed by atoms with Crippen molar-refractivity contribution in [1.82, 2.24) is 0 Å². The van der Waals surface area contributed by atoms with E-state index in [1.54, 1.807) is 0 Å². The molecule has 2 aliphatic rings. The van der Waals surface area contributed by atoms with E-state index in [2.05, 4.69) is 24.3 Å². The fourth-order valence-electron chi connectivity index (χ4n) is 3.64. The molecule has 0 aliphatic heterocycles. The third-order valence-corrected chi connectivity index (χ3v) is 5.15. The number of hydrogen-bond acceptors (Lipinski definition) is 1. The van der Waals surface area contributed by atoms with Crippen molar-refractivity contribution in [3.8, 4) is 0 Å². The molecule has 1 nitrogen and oxygen atoms in total. The predicted molar refractivity (Wildman–Crippen MR) is 79.2 cm³/mol. The fourth-order valence-corrected chi connectivity index (χ4v) is 3.64. The zero-order chi connectivity index (χ0) is 13.1. The average molecular weight is 258 g/mol. The van der Waals surface area contributed by atoms with Gasteiger partial charge in [0, 0.05) is 0 Å². The van der Waals surface area contributed by atoms with Crippen LogP contribution in [0.3, 0.4) is 0 Å². The van der Waals surface area contributed by atoms with E-state index in [4.69, 9.17) is 0 Å². The first kappa shape index (κ1) is 13.2. The van der Waals surface area contributed by atoms with Gasteiger partial charge in [-0.1, -0.05) is 62.8 Å². The Morgan fingerprint density at radius 1 is 1.00 bits per heavy atom. The second-order valence-electron chi connectivity index (χ2n) is 6.55. The van der Waals surface area contributed by atoms with Gasteiger partial charge in [-0.15, -0.1) is 0 Å². The largest absolute Gasteiger partial charge is 0.388 e. The molecule has 1 aromatic carbocycles. The first-order valence-corrected chi connectivity index (χ1v) is 8.11. The van der Waals surface area contributed by atoms with E-state index in [-0.39, 0.29) is 6.10 Å². The maximum atomic E-state index is 10.5. The summed E-state index contributed by atoms with van der Waals surface area (Å²) in [5.41, 5.74) is 2.60. The highest BCUT2D eigenvalue weighted by molar-refractivity contribution is 5.29. The van der Waals surface area contributed by atoms with Crippen LogP contribution in [-0.4, -0.2) is 5.11 Å². The van der Waals surface area contributed by atoms with Crippen molar-refractivity contribution in [3.05, 3.63) is 35.4 Å². The summed E-state index contributed by atoms with van der Waals surface area (Å²) in [6.07, 6.45) is 11.5. The second kappa shape index (κ2) is 6.09. The van der Waals surface area contributed by atoms with Crippen LogP contribution in [0.5, 0.6) is 0 Å². The lowest BCUT2D eigenvalue weighted by Crippen LogP contribution is -2.12. The molecule has 0 bridgehead atoms. The van der Waals surface area contributed by atoms with Crippen molar-refractivity contribution >= 4 is 0 Å². The standard InChI is InChI=1S/C18H26O/c19-18(12-14-6-2-1-3-7-14)17-11-5-10-16(13-17)15-8-4-9-15/h5,10-11,13-15,18-19H,1-4,6-9,12H2. The molecule has 2 fully saturated rings. The molecule has 104 valence electrons. The maximum absolute atomic E-state index is 10.5. The molecule has 0 aromatic heterocycles. The SMILES string of the molecule is OC(CC1CCCCC1)c1cccc(C2CCC2)c1. The van der Waals surface area contributed by atoms with Gasteiger partial charge in [-0.3, -0.25) is 0 Å². The lowest BCUT2D eigenvalue weighted by Gasteiger charge is -2.27. The van der Waals surface area contributed by atoms with Gasteiger partial charge >= 0.3 is 0 Å². The number of benzene rings is 1. The normalized spacial score (nSPS) is 23.0. The van der Waals surface area contributed by atoms with Gasteiger partial charge in [-0.25, -0.2) is 0 Å². The highest BCUT2D eigenvalue weighted by Crippen LogP contribution is 2.38. The Morgan fingerprint density at radius 2 is 1.79 bits per heavy atom. The van der Waals surface area contributed by atoms with Crippen LogP contribution in [0.4, 0.5) is 0 Å². The molecule has 19 heavy (non-hydrogen) atoms. The van der Waals surface area contributed by atoms with Gasteiger partial charge in [0.1, 0.15) is 0 Å². The van der Waals surface area contributed by atoms with Gasteiger partial charge in [0.25, 0.3) is 0 Å². The van der Waals surface area contributed by atoms with Gasteiger partial charge in [-0.2, -0.15) is 0 Å². The van der Waals surface area contributed by atoms with Gasteiger partial charge < -0.3 is 5.11 Å². The third-order valence-electron chi connectivity index (χ3n) is 5.15. The summed E-state index contributed by atoms with van der Waals surface area (Å²) in [7, 11) is 0. The van der Waals surface area contributed by atoms with Crippen molar-refractivity contribution in [2.45, 2.75) is 69.8 Å². The van der Waals surface area contributed by atoms with Crippen molar-refractivity contribution in [2.75, 3.05) is 0 Å². The molecule has 2 aliphatic carbocycles. The summed E-state index contributed by atoms with van der Waals surface area (Å²) in [6.45, 7) is 0. The van der Waals surface area contributed by atoms with E-state index < -0.39 is 0 Å². The molecule has 2 saturated carbocycles. The lowest BCUT2D eigenvalue weighted by atomic mass is 9.79. The Hall–Kier alpha value is -0.820. The molecule has 1 aromatic rings. The number of hydrogen-bond donors (Lipinski definition) is 1. The van der Waals surface area contributed by atoms with Crippen LogP contribution in [-0.2, 0) is 0 Å². The zero-order valence-electron chi connectivity index (χ0n) is 11.9. The van der Waals surface area contributed by atoms with Crippen LogP contribution in [0.25, 0.3) is 0 Å². The lowest BCUT2D eigenvalue weighted by molar-refractivity contribution is 0.131. The Labute approximate surface area is 117 Å². The molecule has 1 heteroatoms. The molecular formula is C18H26O. The van der Waals surface area contributed by atoms with Crippen LogP contribution < -0.4 is 0 Å². The van der Waals surface area contributed by atoms with E-state index in [0.717, 1.165) is 23.8 Å². The maximum Gasteiger partial charge on any atom is 0.0792 e. The minimum Gasteiger partial charge on any atom is -0.388 e. The highest BCUT2D eigenvalue weighted by atomic mass is 16.3. The fraction of sp³-hybridized carbons (Fsp3) is 0.667. The van der Waals surface area contributed by atoms with Gasteiger partial charge in [0.05, 0.1) is 6.10 Å². The number of aliphatic hydroxyl groups is 1. The topological polar surface area (TPSA) is 20.2 Å². The Balaban J connectivity index is 1.63. The highest BCUT2D eigenvalue weighted by Gasteiger charge is 2.22. The summed E-state index contributed by atoms with van der Waals surface area (Å²) >= 11 is 0. The number of aliphatic hydroxyl groups excluding tert-OH is 1. The molecule has 1 N–H and O–H groups in total. The molecule has 0 radical (unpaired) electrons. The van der Waals surface area contributed by atoms with Crippen LogP contribution in [0, 0.1) is 5.92 Å². The van der Waals surface area contributed by atoms with E-state index >= 15 is 0 Å². The Morgan fingerprint density at radius 3 is 2.47 bits per heavy atom. The van der Waals surface area contributed by atoms with E-state index in [1.165, 1.54) is 56.9 Å². The Bertz CT molecular complexity index is 402. The van der Waals surface area contributed by atoms with Crippen LogP contribution in [0.15, 0.2) is 24.3 Å². The molecule has 1 atom stereocenters. The molecular weight excluding hydrogens is 232 g/mol. The molecule has 3 rings (SSSR count). The predicted octanol–water partition coefficient (Wildman–Crippen LogP) is 4.96. The molecule has 1 unspecified atom stereocenters. The quantitative estimate of drug-likeness (QED) is 0.809. The Kier molecular flexibility index (Phi) is 4.22. The van der Waals surface area contributed by atoms with Crippen molar-refractivity contribution in [3.63, 3.8) is 0 Å². The van der Waals surface area contributed by atoms with Gasteiger partial charge in [-0.05, 0) is 42.2 Å². The van der Waals surface area contributed by atoms with E-state index in [9.17, 15) is 5.11 Å². The summed E-state index contributed by atoms with van der Waals surface area (Å²) in [5.74, 6) is 1.51.